The minimum Gasteiger partial charge on any atom is -0.475 e. The van der Waals surface area contributed by atoms with Gasteiger partial charge in [0.1, 0.15) is 12.7 Å². The van der Waals surface area contributed by atoms with Crippen LogP contribution in [0.2, 0.25) is 4.34 Å². The molecule has 3 heterocycles. The first-order chi connectivity index (χ1) is 18.4. The zero-order chi connectivity index (χ0) is 28.7. The van der Waals surface area contributed by atoms with Gasteiger partial charge in [-0.2, -0.15) is 18.4 Å². The third-order valence-corrected chi connectivity index (χ3v) is 6.73. The smallest absolute Gasteiger partial charge is 0.475 e. The fraction of sp³-hybridized carbons (Fsp3) is 0.348. The van der Waals surface area contributed by atoms with Gasteiger partial charge in [0.05, 0.1) is 33.1 Å². The molecule has 2 atom stereocenters. The highest BCUT2D eigenvalue weighted by molar-refractivity contribution is 7.18. The van der Waals surface area contributed by atoms with Gasteiger partial charge in [0, 0.05) is 24.8 Å². The Bertz CT molecular complexity index is 1300. The van der Waals surface area contributed by atoms with Gasteiger partial charge in [-0.15, -0.1) is 11.3 Å². The molecule has 2 aliphatic rings. The lowest BCUT2D eigenvalue weighted by Gasteiger charge is -2.27. The van der Waals surface area contributed by atoms with Crippen LogP contribution >= 0.6 is 22.9 Å². The van der Waals surface area contributed by atoms with Crippen LogP contribution in [0.4, 0.5) is 24.5 Å². The minimum absolute atomic E-state index is 0.00491. The maximum absolute atomic E-state index is 12.7. The van der Waals surface area contributed by atoms with Crippen LogP contribution in [-0.4, -0.2) is 73.4 Å². The van der Waals surface area contributed by atoms with E-state index in [0.717, 1.165) is 0 Å². The van der Waals surface area contributed by atoms with Crippen molar-refractivity contribution in [2.45, 2.75) is 24.7 Å². The summed E-state index contributed by atoms with van der Waals surface area (Å²) < 4.78 is 37.4. The summed E-state index contributed by atoms with van der Waals surface area (Å²) in [5.41, 5.74) is 1.21. The SMILES string of the molecule is N#Cc1cc(N2CCOCC2=O)ccc1NC(=O)[C@@H]1CC(NC(=O)c2ccc(Cl)s2)CN1.O=C(O)C(F)(F)F. The number of nitrogens with zero attached hydrogens (tertiary/aromatic N) is 2. The Balaban J connectivity index is 0.000000532. The minimum atomic E-state index is -5.08. The average Bonchev–Trinajstić information content (AvgIpc) is 3.53. The number of benzene rings is 1. The molecule has 208 valence electrons. The van der Waals surface area contributed by atoms with Crippen LogP contribution in [0.5, 0.6) is 0 Å². The first-order valence-electron chi connectivity index (χ1n) is 11.2. The van der Waals surface area contributed by atoms with Gasteiger partial charge < -0.3 is 30.7 Å². The van der Waals surface area contributed by atoms with Gasteiger partial charge >= 0.3 is 12.1 Å². The van der Waals surface area contributed by atoms with Gasteiger partial charge in [-0.25, -0.2) is 4.79 Å². The number of aliphatic carboxylic acids is 1. The second-order valence-electron chi connectivity index (χ2n) is 8.20. The second-order valence-corrected chi connectivity index (χ2v) is 9.92. The number of ether oxygens (including phenoxy) is 1. The van der Waals surface area contributed by atoms with E-state index in [-0.39, 0.29) is 35.9 Å². The molecule has 0 saturated carbocycles. The van der Waals surface area contributed by atoms with Crippen molar-refractivity contribution in [3.8, 4) is 6.07 Å². The van der Waals surface area contributed by atoms with Crippen LogP contribution in [-0.2, 0) is 19.1 Å². The van der Waals surface area contributed by atoms with Crippen molar-refractivity contribution in [1.29, 1.82) is 5.26 Å². The molecule has 16 heteroatoms. The van der Waals surface area contributed by atoms with E-state index < -0.39 is 18.2 Å². The van der Waals surface area contributed by atoms with Crippen LogP contribution in [0.1, 0.15) is 21.7 Å². The highest BCUT2D eigenvalue weighted by Gasteiger charge is 2.38. The maximum Gasteiger partial charge on any atom is 0.490 e. The fourth-order valence-electron chi connectivity index (χ4n) is 3.65. The van der Waals surface area contributed by atoms with E-state index in [4.69, 9.17) is 26.2 Å². The normalized spacial score (nSPS) is 18.9. The number of carbonyl (C=O) groups is 4. The monoisotopic (exact) mass is 587 g/mol. The summed E-state index contributed by atoms with van der Waals surface area (Å²) in [7, 11) is 0. The summed E-state index contributed by atoms with van der Waals surface area (Å²) in [5, 5.41) is 25.4. The summed E-state index contributed by atoms with van der Waals surface area (Å²) in [6.07, 6.45) is -4.67. The molecular formula is C23H21ClF3N5O6S. The molecular weight excluding hydrogens is 567 g/mol. The van der Waals surface area contributed by atoms with E-state index in [1.54, 1.807) is 35.2 Å². The topological polar surface area (TPSA) is 161 Å². The van der Waals surface area contributed by atoms with Crippen LogP contribution in [0.3, 0.4) is 0 Å². The molecule has 11 nitrogen and oxygen atoms in total. The molecule has 2 fully saturated rings. The summed E-state index contributed by atoms with van der Waals surface area (Å²) >= 11 is 7.07. The summed E-state index contributed by atoms with van der Waals surface area (Å²) in [6, 6.07) is 9.56. The lowest BCUT2D eigenvalue weighted by atomic mass is 10.1. The number of nitriles is 1. The number of rotatable bonds is 5. The number of nitrogens with one attached hydrogen (secondary N) is 3. The molecule has 1 unspecified atom stereocenters. The van der Waals surface area contributed by atoms with Gasteiger partial charge in [-0.1, -0.05) is 11.6 Å². The number of carboxylic acid groups (broad SMARTS) is 1. The summed E-state index contributed by atoms with van der Waals surface area (Å²) in [5.74, 6) is -3.46. The number of hydrogen-bond donors (Lipinski definition) is 4. The van der Waals surface area contributed by atoms with E-state index in [1.165, 1.54) is 11.3 Å². The predicted octanol–water partition coefficient (Wildman–Crippen LogP) is 2.37. The van der Waals surface area contributed by atoms with Crippen molar-refractivity contribution in [1.82, 2.24) is 10.6 Å². The molecule has 0 radical (unpaired) electrons. The Kier molecular flexibility index (Phi) is 9.86. The number of alkyl halides is 3. The molecule has 0 aliphatic carbocycles. The number of morpholine rings is 1. The maximum atomic E-state index is 12.7. The Morgan fingerprint density at radius 2 is 1.97 bits per heavy atom. The number of amides is 3. The first kappa shape index (κ1) is 29.8. The number of anilines is 2. The highest BCUT2D eigenvalue weighted by Crippen LogP contribution is 2.25. The Hall–Kier alpha value is -3.71. The Labute approximate surface area is 228 Å². The molecule has 0 spiro atoms. The average molecular weight is 588 g/mol. The van der Waals surface area contributed by atoms with Gasteiger partial charge in [0.25, 0.3) is 11.8 Å². The van der Waals surface area contributed by atoms with Crippen molar-refractivity contribution in [3.05, 3.63) is 45.1 Å². The number of thiophene rings is 1. The van der Waals surface area contributed by atoms with E-state index in [9.17, 15) is 32.8 Å². The second kappa shape index (κ2) is 12.9. The molecule has 3 amide bonds. The van der Waals surface area contributed by atoms with Crippen molar-refractivity contribution in [2.75, 3.05) is 36.5 Å². The van der Waals surface area contributed by atoms with Gasteiger partial charge in [-0.3, -0.25) is 14.4 Å². The summed E-state index contributed by atoms with van der Waals surface area (Å²) in [4.78, 5) is 48.0. The lowest BCUT2D eigenvalue weighted by molar-refractivity contribution is -0.192. The van der Waals surface area contributed by atoms with Gasteiger partial charge in [-0.05, 0) is 36.8 Å². The molecule has 4 rings (SSSR count). The van der Waals surface area contributed by atoms with E-state index in [0.29, 0.717) is 46.7 Å². The van der Waals surface area contributed by atoms with Crippen LogP contribution < -0.4 is 20.9 Å². The third-order valence-electron chi connectivity index (χ3n) is 5.50. The number of hydrogen-bond acceptors (Lipinski definition) is 8. The van der Waals surface area contributed by atoms with Crippen LogP contribution in [0.25, 0.3) is 0 Å². The van der Waals surface area contributed by atoms with Crippen molar-refractivity contribution < 1.29 is 42.2 Å². The van der Waals surface area contributed by atoms with E-state index in [1.807, 2.05) is 0 Å². The molecule has 39 heavy (non-hydrogen) atoms. The zero-order valence-electron chi connectivity index (χ0n) is 19.9. The molecule has 2 aromatic rings. The first-order valence-corrected chi connectivity index (χ1v) is 12.4. The largest absolute Gasteiger partial charge is 0.490 e. The predicted molar refractivity (Wildman–Crippen MR) is 134 cm³/mol. The number of halogens is 4. The number of carboxylic acids is 1. The number of carbonyl (C=O) groups excluding carboxylic acids is 3. The fourth-order valence-corrected chi connectivity index (χ4v) is 4.60. The Morgan fingerprint density at radius 3 is 2.56 bits per heavy atom. The lowest BCUT2D eigenvalue weighted by Crippen LogP contribution is -2.41. The van der Waals surface area contributed by atoms with Crippen LogP contribution in [0, 0.1) is 11.3 Å². The van der Waals surface area contributed by atoms with E-state index in [2.05, 4.69) is 22.0 Å². The molecule has 0 bridgehead atoms. The highest BCUT2D eigenvalue weighted by atomic mass is 35.5. The van der Waals surface area contributed by atoms with Crippen molar-refractivity contribution >= 4 is 58.0 Å². The van der Waals surface area contributed by atoms with E-state index >= 15 is 0 Å². The van der Waals surface area contributed by atoms with Crippen molar-refractivity contribution in [3.63, 3.8) is 0 Å². The quantitative estimate of drug-likeness (QED) is 0.415. The van der Waals surface area contributed by atoms with Crippen LogP contribution in [0.15, 0.2) is 30.3 Å². The molecule has 1 aromatic heterocycles. The van der Waals surface area contributed by atoms with Crippen molar-refractivity contribution in [2.24, 2.45) is 0 Å². The zero-order valence-corrected chi connectivity index (χ0v) is 21.5. The molecule has 4 N–H and O–H groups in total. The Morgan fingerprint density at radius 1 is 1.26 bits per heavy atom. The van der Waals surface area contributed by atoms with Gasteiger partial charge in [0.2, 0.25) is 5.91 Å². The summed E-state index contributed by atoms with van der Waals surface area (Å²) in [6.45, 7) is 1.29. The molecule has 2 saturated heterocycles. The third kappa shape index (κ3) is 8.14. The molecule has 1 aromatic carbocycles. The molecule has 2 aliphatic heterocycles. The standard InChI is InChI=1S/C21H20ClN5O4S.C2HF3O2/c22-18-4-3-17(32-18)21(30)25-13-8-16(24-10-13)20(29)26-15-2-1-14(7-12(15)9-23)27-5-6-31-11-19(27)28;3-2(4,5)1(6)7/h1-4,7,13,16,24H,5-6,8,10-11H2,(H,25,30)(H,26,29);(H,6,7)/t13?,16-;/m0./s1. The van der Waals surface area contributed by atoms with Gasteiger partial charge in [0.15, 0.2) is 0 Å².